The van der Waals surface area contributed by atoms with Crippen molar-refractivity contribution in [1.82, 2.24) is 15.4 Å². The Kier molecular flexibility index (Phi) is 3.67. The van der Waals surface area contributed by atoms with Crippen molar-refractivity contribution in [2.45, 2.75) is 6.42 Å². The van der Waals surface area contributed by atoms with Gasteiger partial charge in [0, 0.05) is 24.5 Å². The van der Waals surface area contributed by atoms with Crippen LogP contribution in [0.5, 0.6) is 0 Å². The van der Waals surface area contributed by atoms with Gasteiger partial charge in [0.05, 0.1) is 11.3 Å². The number of rotatable bonds is 3. The largest absolute Gasteiger partial charge is 0.285 e. The molecule has 2 aromatic carbocycles. The molecule has 1 aromatic heterocycles. The maximum absolute atomic E-state index is 12.4. The molecule has 1 N–H and O–H groups in total. The summed E-state index contributed by atoms with van der Waals surface area (Å²) in [4.78, 5) is 21.0. The number of nitrogens with one attached hydrogen (secondary N) is 1. The zero-order valence-electron chi connectivity index (χ0n) is 13.0. The van der Waals surface area contributed by atoms with Crippen LogP contribution in [0.15, 0.2) is 67.0 Å². The number of anilines is 1. The fourth-order valence-electron chi connectivity index (χ4n) is 2.82. The van der Waals surface area contributed by atoms with Crippen LogP contribution in [0.2, 0.25) is 0 Å². The molecule has 3 aromatic rings. The van der Waals surface area contributed by atoms with Gasteiger partial charge in [0.25, 0.3) is 5.91 Å². The van der Waals surface area contributed by atoms with Crippen molar-refractivity contribution in [2.24, 2.45) is 0 Å². The molecule has 0 radical (unpaired) electrons. The molecule has 118 valence electrons. The maximum Gasteiger partial charge on any atom is 0.272 e. The minimum atomic E-state index is -0.202. The van der Waals surface area contributed by atoms with Crippen LogP contribution in [0.25, 0.3) is 11.4 Å². The van der Waals surface area contributed by atoms with Gasteiger partial charge in [-0.25, -0.2) is 9.97 Å². The summed E-state index contributed by atoms with van der Waals surface area (Å²) in [6, 6.07) is 17.8. The number of carbonyl (C=O) groups excluding carboxylic acids is 1. The van der Waals surface area contributed by atoms with Gasteiger partial charge >= 0.3 is 0 Å². The SMILES string of the molecule is O=C(NN1CCc2ccccc21)c1cnc(-c2ccccc2)nc1. The molecule has 0 aliphatic carbocycles. The monoisotopic (exact) mass is 316 g/mol. The number of para-hydroxylation sites is 1. The Bertz CT molecular complexity index is 862. The number of amides is 1. The predicted molar refractivity (Wildman–Crippen MR) is 92.4 cm³/mol. The molecule has 1 aliphatic rings. The van der Waals surface area contributed by atoms with Crippen molar-refractivity contribution in [3.05, 3.63) is 78.1 Å². The molecule has 0 fully saturated rings. The van der Waals surface area contributed by atoms with Crippen molar-refractivity contribution >= 4 is 11.6 Å². The average Bonchev–Trinajstić information content (AvgIpc) is 3.06. The molecule has 0 saturated carbocycles. The number of nitrogens with zero attached hydrogens (tertiary/aromatic N) is 3. The first-order chi connectivity index (χ1) is 11.8. The molecule has 5 heteroatoms. The van der Waals surface area contributed by atoms with Gasteiger partial charge in [-0.15, -0.1) is 0 Å². The second-order valence-corrected chi connectivity index (χ2v) is 5.63. The highest BCUT2D eigenvalue weighted by molar-refractivity contribution is 5.94. The van der Waals surface area contributed by atoms with E-state index in [0.717, 1.165) is 24.2 Å². The molecule has 0 saturated heterocycles. The second-order valence-electron chi connectivity index (χ2n) is 5.63. The third-order valence-electron chi connectivity index (χ3n) is 4.07. The van der Waals surface area contributed by atoms with Crippen LogP contribution in [0.3, 0.4) is 0 Å². The topological polar surface area (TPSA) is 58.1 Å². The Labute approximate surface area is 140 Å². The normalized spacial score (nSPS) is 12.8. The summed E-state index contributed by atoms with van der Waals surface area (Å²) >= 11 is 0. The van der Waals surface area contributed by atoms with E-state index in [-0.39, 0.29) is 5.91 Å². The maximum atomic E-state index is 12.4. The molecule has 0 bridgehead atoms. The smallest absolute Gasteiger partial charge is 0.272 e. The predicted octanol–water partition coefficient (Wildman–Crippen LogP) is 2.85. The van der Waals surface area contributed by atoms with Gasteiger partial charge in [0.15, 0.2) is 5.82 Å². The van der Waals surface area contributed by atoms with E-state index in [1.54, 1.807) is 12.4 Å². The molecule has 0 spiro atoms. The molecule has 0 unspecified atom stereocenters. The van der Waals surface area contributed by atoms with Crippen molar-refractivity contribution in [3.63, 3.8) is 0 Å². The molecule has 1 aliphatic heterocycles. The van der Waals surface area contributed by atoms with Crippen molar-refractivity contribution < 1.29 is 4.79 Å². The lowest BCUT2D eigenvalue weighted by Gasteiger charge is -2.20. The van der Waals surface area contributed by atoms with E-state index >= 15 is 0 Å². The summed E-state index contributed by atoms with van der Waals surface area (Å²) < 4.78 is 0. The molecular weight excluding hydrogens is 300 g/mol. The van der Waals surface area contributed by atoms with Gasteiger partial charge in [-0.3, -0.25) is 15.2 Å². The van der Waals surface area contributed by atoms with Crippen LogP contribution in [0.1, 0.15) is 15.9 Å². The Balaban J connectivity index is 1.50. The molecule has 4 rings (SSSR count). The van der Waals surface area contributed by atoms with Crippen LogP contribution in [0.4, 0.5) is 5.69 Å². The summed E-state index contributed by atoms with van der Waals surface area (Å²) in [5.41, 5.74) is 6.59. The van der Waals surface area contributed by atoms with E-state index in [9.17, 15) is 4.79 Å². The zero-order chi connectivity index (χ0) is 16.4. The number of aromatic nitrogens is 2. The summed E-state index contributed by atoms with van der Waals surface area (Å²) in [6.07, 6.45) is 4.05. The van der Waals surface area contributed by atoms with Crippen molar-refractivity contribution in [1.29, 1.82) is 0 Å². The van der Waals surface area contributed by atoms with E-state index in [0.29, 0.717) is 11.4 Å². The molecule has 5 nitrogen and oxygen atoms in total. The zero-order valence-corrected chi connectivity index (χ0v) is 13.0. The number of hydrazine groups is 1. The highest BCUT2D eigenvalue weighted by Crippen LogP contribution is 2.25. The number of carbonyl (C=O) groups is 1. The quantitative estimate of drug-likeness (QED) is 0.807. The summed E-state index contributed by atoms with van der Waals surface area (Å²) in [5.74, 6) is 0.407. The fourth-order valence-corrected chi connectivity index (χ4v) is 2.82. The second kappa shape index (κ2) is 6.12. The number of hydrogen-bond donors (Lipinski definition) is 1. The first kappa shape index (κ1) is 14.4. The molecular formula is C19H16N4O. The summed E-state index contributed by atoms with van der Waals surface area (Å²) in [7, 11) is 0. The van der Waals surface area contributed by atoms with Gasteiger partial charge in [-0.2, -0.15) is 0 Å². The minimum absolute atomic E-state index is 0.202. The van der Waals surface area contributed by atoms with Crippen molar-refractivity contribution in [3.8, 4) is 11.4 Å². The lowest BCUT2D eigenvalue weighted by Crippen LogP contribution is -2.41. The van der Waals surface area contributed by atoms with Crippen LogP contribution < -0.4 is 10.4 Å². The van der Waals surface area contributed by atoms with Crippen LogP contribution in [-0.4, -0.2) is 22.4 Å². The first-order valence-electron chi connectivity index (χ1n) is 7.85. The minimum Gasteiger partial charge on any atom is -0.285 e. The van der Waals surface area contributed by atoms with Crippen LogP contribution in [-0.2, 0) is 6.42 Å². The lowest BCUT2D eigenvalue weighted by atomic mass is 10.2. The molecule has 0 atom stereocenters. The Hall–Kier alpha value is -3.21. The van der Waals surface area contributed by atoms with Gasteiger partial charge in [-0.05, 0) is 18.1 Å². The van der Waals surface area contributed by atoms with E-state index < -0.39 is 0 Å². The van der Waals surface area contributed by atoms with Gasteiger partial charge in [0.1, 0.15) is 0 Å². The third-order valence-corrected chi connectivity index (χ3v) is 4.07. The van der Waals surface area contributed by atoms with E-state index in [2.05, 4.69) is 21.5 Å². The first-order valence-corrected chi connectivity index (χ1v) is 7.85. The van der Waals surface area contributed by atoms with Crippen LogP contribution >= 0.6 is 0 Å². The third kappa shape index (κ3) is 2.72. The molecule has 1 amide bonds. The lowest BCUT2D eigenvalue weighted by molar-refractivity contribution is 0.0949. The standard InChI is InChI=1S/C19H16N4O/c24-19(22-23-11-10-14-6-4-5-9-17(14)23)16-12-20-18(21-13-16)15-7-2-1-3-8-15/h1-9,12-13H,10-11H2,(H,22,24). The number of benzene rings is 2. The number of hydrogen-bond acceptors (Lipinski definition) is 4. The highest BCUT2D eigenvalue weighted by Gasteiger charge is 2.20. The fraction of sp³-hybridized carbons (Fsp3) is 0.105. The average molecular weight is 316 g/mol. The molecule has 2 heterocycles. The van der Waals surface area contributed by atoms with Crippen molar-refractivity contribution in [2.75, 3.05) is 11.6 Å². The Morgan fingerprint density at radius 1 is 0.958 bits per heavy atom. The van der Waals surface area contributed by atoms with E-state index in [1.807, 2.05) is 53.5 Å². The number of fused-ring (bicyclic) bond motifs is 1. The Morgan fingerprint density at radius 3 is 2.46 bits per heavy atom. The van der Waals surface area contributed by atoms with Gasteiger partial charge in [0.2, 0.25) is 0 Å². The molecule has 24 heavy (non-hydrogen) atoms. The highest BCUT2D eigenvalue weighted by atomic mass is 16.2. The van der Waals surface area contributed by atoms with Gasteiger partial charge in [-0.1, -0.05) is 48.5 Å². The van der Waals surface area contributed by atoms with E-state index in [1.165, 1.54) is 5.56 Å². The summed E-state index contributed by atoms with van der Waals surface area (Å²) in [5, 5.41) is 1.88. The van der Waals surface area contributed by atoms with E-state index in [4.69, 9.17) is 0 Å². The van der Waals surface area contributed by atoms with Crippen LogP contribution in [0, 0.1) is 0 Å². The van der Waals surface area contributed by atoms with Gasteiger partial charge < -0.3 is 0 Å². The summed E-state index contributed by atoms with van der Waals surface area (Å²) in [6.45, 7) is 0.772. The Morgan fingerprint density at radius 2 is 1.67 bits per heavy atom.